The first-order valence-corrected chi connectivity index (χ1v) is 9.32. The summed E-state index contributed by atoms with van der Waals surface area (Å²) in [5, 5.41) is 4.27. The van der Waals surface area contributed by atoms with E-state index in [-0.39, 0.29) is 17.4 Å². The minimum atomic E-state index is -0.268. The summed E-state index contributed by atoms with van der Waals surface area (Å²) in [4.78, 5) is 27.1. The van der Waals surface area contributed by atoms with E-state index < -0.39 is 0 Å². The van der Waals surface area contributed by atoms with E-state index in [1.807, 2.05) is 55.5 Å². The van der Waals surface area contributed by atoms with Crippen LogP contribution < -0.4 is 10.4 Å². The van der Waals surface area contributed by atoms with Gasteiger partial charge in [-0.3, -0.25) is 9.36 Å². The van der Waals surface area contributed by atoms with Gasteiger partial charge in [-0.15, -0.1) is 5.10 Å². The van der Waals surface area contributed by atoms with Crippen LogP contribution in [0.15, 0.2) is 59.4 Å². The summed E-state index contributed by atoms with van der Waals surface area (Å²) < 4.78 is 8.40. The van der Waals surface area contributed by atoms with Crippen LogP contribution in [0.1, 0.15) is 21.7 Å². The van der Waals surface area contributed by atoms with Gasteiger partial charge in [0.15, 0.2) is 0 Å². The lowest BCUT2D eigenvalue weighted by Gasteiger charge is -2.26. The molecule has 0 fully saturated rings. The summed E-state index contributed by atoms with van der Waals surface area (Å²) in [7, 11) is 0. The average Bonchev–Trinajstić information content (AvgIpc) is 3.02. The minimum absolute atomic E-state index is 0.198. The van der Waals surface area contributed by atoms with E-state index in [2.05, 4.69) is 11.2 Å². The van der Waals surface area contributed by atoms with Gasteiger partial charge in [0, 0.05) is 19.6 Å². The van der Waals surface area contributed by atoms with Crippen molar-refractivity contribution in [3.8, 4) is 5.75 Å². The summed E-state index contributed by atoms with van der Waals surface area (Å²) in [5.41, 5.74) is 1.96. The first-order valence-electron chi connectivity index (χ1n) is 9.32. The molecule has 0 N–H and O–H groups in total. The number of carbonyl (C=O) groups excluding carboxylic acids is 1. The molecule has 0 saturated carbocycles. The number of hydrogen-bond donors (Lipinski definition) is 0. The smallest absolute Gasteiger partial charge is 0.346 e. The van der Waals surface area contributed by atoms with Crippen LogP contribution in [0.4, 0.5) is 0 Å². The third-order valence-electron chi connectivity index (χ3n) is 4.77. The molecule has 28 heavy (non-hydrogen) atoms. The fourth-order valence-corrected chi connectivity index (χ4v) is 3.36. The van der Waals surface area contributed by atoms with Gasteiger partial charge in [0.05, 0.1) is 6.54 Å². The van der Waals surface area contributed by atoms with Gasteiger partial charge < -0.3 is 9.64 Å². The number of hydrogen-bond acceptors (Lipinski definition) is 4. The van der Waals surface area contributed by atoms with Crippen molar-refractivity contribution in [2.45, 2.75) is 26.6 Å². The summed E-state index contributed by atoms with van der Waals surface area (Å²) >= 11 is 0. The molecule has 0 bridgehead atoms. The summed E-state index contributed by atoms with van der Waals surface area (Å²) in [6.07, 6.45) is 0. The highest BCUT2D eigenvalue weighted by molar-refractivity contribution is 5.91. The predicted molar refractivity (Wildman–Crippen MR) is 104 cm³/mol. The third-order valence-corrected chi connectivity index (χ3v) is 4.77. The van der Waals surface area contributed by atoms with Crippen LogP contribution in [-0.4, -0.2) is 38.3 Å². The molecule has 1 aromatic heterocycles. The zero-order valence-electron chi connectivity index (χ0n) is 15.7. The van der Waals surface area contributed by atoms with Crippen LogP contribution in [0.2, 0.25) is 0 Å². The molecule has 144 valence electrons. The number of aromatic nitrogens is 3. The molecule has 0 saturated heterocycles. The van der Waals surface area contributed by atoms with Crippen LogP contribution in [-0.2, 0) is 19.6 Å². The van der Waals surface area contributed by atoms with Crippen molar-refractivity contribution in [1.29, 1.82) is 0 Å². The monoisotopic (exact) mass is 378 g/mol. The molecule has 7 nitrogen and oxygen atoms in total. The van der Waals surface area contributed by atoms with Crippen LogP contribution in [0.3, 0.4) is 0 Å². The van der Waals surface area contributed by atoms with Crippen molar-refractivity contribution >= 4 is 5.91 Å². The lowest BCUT2D eigenvalue weighted by molar-refractivity contribution is 0.0681. The van der Waals surface area contributed by atoms with E-state index in [1.165, 1.54) is 9.25 Å². The van der Waals surface area contributed by atoms with Gasteiger partial charge >= 0.3 is 5.69 Å². The number of amides is 1. The van der Waals surface area contributed by atoms with Crippen molar-refractivity contribution < 1.29 is 9.53 Å². The first-order chi connectivity index (χ1) is 13.6. The van der Waals surface area contributed by atoms with Gasteiger partial charge in [-0.05, 0) is 24.6 Å². The molecular weight excluding hydrogens is 356 g/mol. The molecule has 0 unspecified atom stereocenters. The standard InChI is InChI=1S/C21H22N4O3/c1-16-6-5-7-17(14-16)15-23-10-11-24-19(20(23)26)22-25(21(24)27)12-13-28-18-8-3-2-4-9-18/h2-9,14H,10-13,15H2,1H3. The van der Waals surface area contributed by atoms with E-state index in [0.29, 0.717) is 32.8 Å². The van der Waals surface area contributed by atoms with Gasteiger partial charge in [0.2, 0.25) is 5.82 Å². The van der Waals surface area contributed by atoms with Gasteiger partial charge in [-0.2, -0.15) is 0 Å². The van der Waals surface area contributed by atoms with Gasteiger partial charge in [-0.25, -0.2) is 9.48 Å². The van der Waals surface area contributed by atoms with E-state index >= 15 is 0 Å². The molecule has 2 heterocycles. The van der Waals surface area contributed by atoms with E-state index in [1.54, 1.807) is 4.90 Å². The second kappa shape index (κ2) is 7.72. The average molecular weight is 378 g/mol. The molecule has 0 atom stereocenters. The van der Waals surface area contributed by atoms with Gasteiger partial charge in [0.1, 0.15) is 12.4 Å². The Hall–Kier alpha value is -3.35. The molecule has 1 amide bonds. The molecular formula is C21H22N4O3. The second-order valence-corrected chi connectivity index (χ2v) is 6.86. The summed E-state index contributed by atoms with van der Waals surface area (Å²) in [6.45, 7) is 4.08. The van der Waals surface area contributed by atoms with E-state index in [4.69, 9.17) is 4.74 Å². The zero-order chi connectivity index (χ0) is 19.5. The van der Waals surface area contributed by atoms with Crippen molar-refractivity contribution in [3.63, 3.8) is 0 Å². The largest absolute Gasteiger partial charge is 0.492 e. The molecule has 1 aliphatic rings. The Bertz CT molecular complexity index is 1040. The predicted octanol–water partition coefficient (Wildman–Crippen LogP) is 2.09. The highest BCUT2D eigenvalue weighted by Crippen LogP contribution is 2.14. The maximum Gasteiger partial charge on any atom is 0.346 e. The minimum Gasteiger partial charge on any atom is -0.492 e. The van der Waals surface area contributed by atoms with Crippen LogP contribution in [0, 0.1) is 6.92 Å². The van der Waals surface area contributed by atoms with E-state index in [0.717, 1.165) is 16.9 Å². The molecule has 0 aliphatic carbocycles. The Labute approximate surface area is 162 Å². The Morgan fingerprint density at radius 1 is 1.04 bits per heavy atom. The Morgan fingerprint density at radius 3 is 2.64 bits per heavy atom. The van der Waals surface area contributed by atoms with Gasteiger partial charge in [0.25, 0.3) is 5.91 Å². The molecule has 0 spiro atoms. The quantitative estimate of drug-likeness (QED) is 0.659. The molecule has 4 rings (SSSR count). The van der Waals surface area contributed by atoms with Gasteiger partial charge in [-0.1, -0.05) is 48.0 Å². The van der Waals surface area contributed by atoms with Crippen molar-refractivity contribution in [3.05, 3.63) is 82.0 Å². The normalized spacial score (nSPS) is 13.5. The highest BCUT2D eigenvalue weighted by atomic mass is 16.5. The maximum absolute atomic E-state index is 12.8. The number of aryl methyl sites for hydroxylation is 1. The number of para-hydroxylation sites is 1. The maximum atomic E-state index is 12.8. The van der Waals surface area contributed by atoms with Crippen LogP contribution >= 0.6 is 0 Å². The molecule has 1 aliphatic heterocycles. The van der Waals surface area contributed by atoms with Crippen LogP contribution in [0.5, 0.6) is 5.75 Å². The van der Waals surface area contributed by atoms with Crippen molar-refractivity contribution in [1.82, 2.24) is 19.2 Å². The fraction of sp³-hybridized carbons (Fsp3) is 0.286. The summed E-state index contributed by atoms with van der Waals surface area (Å²) in [5.74, 6) is 0.719. The fourth-order valence-electron chi connectivity index (χ4n) is 3.36. The zero-order valence-corrected chi connectivity index (χ0v) is 15.7. The van der Waals surface area contributed by atoms with Crippen molar-refractivity contribution in [2.24, 2.45) is 0 Å². The van der Waals surface area contributed by atoms with Crippen LogP contribution in [0.25, 0.3) is 0 Å². The highest BCUT2D eigenvalue weighted by Gasteiger charge is 2.29. The first kappa shape index (κ1) is 18.0. The lowest BCUT2D eigenvalue weighted by atomic mass is 10.1. The molecule has 3 aromatic rings. The molecule has 7 heteroatoms. The number of benzene rings is 2. The summed E-state index contributed by atoms with van der Waals surface area (Å²) in [6, 6.07) is 17.5. The SMILES string of the molecule is Cc1cccc(CN2CCn3c(nn(CCOc4ccccc4)c3=O)C2=O)c1. The topological polar surface area (TPSA) is 69.4 Å². The second-order valence-electron chi connectivity index (χ2n) is 6.86. The van der Waals surface area contributed by atoms with Crippen molar-refractivity contribution in [2.75, 3.05) is 13.2 Å². The van der Waals surface area contributed by atoms with E-state index in [9.17, 15) is 9.59 Å². The Kier molecular flexibility index (Phi) is 4.97. The number of fused-ring (bicyclic) bond motifs is 1. The number of ether oxygens (including phenoxy) is 1. The molecule has 0 radical (unpaired) electrons. The Morgan fingerprint density at radius 2 is 1.86 bits per heavy atom. The Balaban J connectivity index is 1.45. The number of rotatable bonds is 6. The third kappa shape index (κ3) is 3.69. The lowest BCUT2D eigenvalue weighted by Crippen LogP contribution is -2.42. The number of carbonyl (C=O) groups is 1. The number of nitrogens with zero attached hydrogens (tertiary/aromatic N) is 4. The molecule has 2 aromatic carbocycles.